The number of para-hydroxylation sites is 2. The molecule has 4 nitrogen and oxygen atoms in total. The Morgan fingerprint density at radius 1 is 1.00 bits per heavy atom. The minimum absolute atomic E-state index is 0.139. The molecule has 3 aromatic carbocycles. The number of rotatable bonds is 1. The lowest BCUT2D eigenvalue weighted by molar-refractivity contribution is -0.120. The predicted octanol–water partition coefficient (Wildman–Crippen LogP) is 5.29. The van der Waals surface area contributed by atoms with E-state index in [1.807, 2.05) is 78.9 Å². The Morgan fingerprint density at radius 2 is 1.68 bits per heavy atom. The van der Waals surface area contributed by atoms with Crippen LogP contribution < -0.4 is 4.90 Å². The van der Waals surface area contributed by atoms with Crippen LogP contribution in [-0.4, -0.2) is 11.8 Å². The average molecular weight is 389 g/mol. The van der Waals surface area contributed by atoms with Gasteiger partial charge in [-0.15, -0.1) is 11.6 Å². The average Bonchev–Trinajstić information content (AvgIpc) is 2.98. The second kappa shape index (κ2) is 6.21. The fourth-order valence-corrected chi connectivity index (χ4v) is 4.52. The fourth-order valence-electron chi connectivity index (χ4n) is 4.08. The lowest BCUT2D eigenvalue weighted by Crippen LogP contribution is -2.52. The SMILES string of the molecule is CC(=O)N1c2ccccc2[C@H](Cl)[C@@]12OC(c1ccccc1)=Nc1ccccc12. The van der Waals surface area contributed by atoms with Gasteiger partial charge in [-0.1, -0.05) is 54.6 Å². The number of ether oxygens (including phenoxy) is 1. The van der Waals surface area contributed by atoms with Crippen LogP contribution in [0.1, 0.15) is 29.0 Å². The first kappa shape index (κ1) is 17.0. The number of benzene rings is 3. The molecule has 0 radical (unpaired) electrons. The Hall–Kier alpha value is -3.11. The van der Waals surface area contributed by atoms with E-state index in [4.69, 9.17) is 21.3 Å². The maximum atomic E-state index is 12.8. The molecule has 0 saturated carbocycles. The van der Waals surface area contributed by atoms with Crippen LogP contribution in [0.15, 0.2) is 83.9 Å². The van der Waals surface area contributed by atoms with Crippen LogP contribution in [0.3, 0.4) is 0 Å². The van der Waals surface area contributed by atoms with Crippen molar-refractivity contribution in [3.8, 4) is 0 Å². The third-order valence-corrected chi connectivity index (χ3v) is 5.76. The van der Waals surface area contributed by atoms with Gasteiger partial charge < -0.3 is 4.74 Å². The van der Waals surface area contributed by atoms with Crippen molar-refractivity contribution in [2.75, 3.05) is 4.90 Å². The van der Waals surface area contributed by atoms with Gasteiger partial charge in [0.15, 0.2) is 0 Å². The number of fused-ring (bicyclic) bond motifs is 3. The van der Waals surface area contributed by atoms with Gasteiger partial charge in [-0.25, -0.2) is 4.99 Å². The van der Waals surface area contributed by atoms with Crippen LogP contribution in [0, 0.1) is 0 Å². The summed E-state index contributed by atoms with van der Waals surface area (Å²) in [6.45, 7) is 1.54. The number of anilines is 1. The number of aliphatic imine (C=N–C) groups is 1. The molecule has 0 unspecified atom stereocenters. The molecule has 1 amide bonds. The summed E-state index contributed by atoms with van der Waals surface area (Å²) in [5, 5.41) is -0.581. The van der Waals surface area contributed by atoms with Crippen LogP contribution in [-0.2, 0) is 15.3 Å². The summed E-state index contributed by atoms with van der Waals surface area (Å²) in [7, 11) is 0. The topological polar surface area (TPSA) is 41.9 Å². The van der Waals surface area contributed by atoms with Gasteiger partial charge >= 0.3 is 0 Å². The number of halogens is 1. The summed E-state index contributed by atoms with van der Waals surface area (Å²) < 4.78 is 6.54. The van der Waals surface area contributed by atoms with E-state index in [0.29, 0.717) is 5.90 Å². The second-order valence-electron chi connectivity index (χ2n) is 6.87. The molecule has 0 bridgehead atoms. The monoisotopic (exact) mass is 388 g/mol. The highest BCUT2D eigenvalue weighted by molar-refractivity contribution is 6.24. The van der Waals surface area contributed by atoms with E-state index in [-0.39, 0.29) is 5.91 Å². The second-order valence-corrected chi connectivity index (χ2v) is 7.31. The van der Waals surface area contributed by atoms with E-state index in [1.54, 1.807) is 4.90 Å². The molecule has 28 heavy (non-hydrogen) atoms. The van der Waals surface area contributed by atoms with Crippen molar-refractivity contribution >= 4 is 34.8 Å². The normalized spacial score (nSPS) is 22.3. The van der Waals surface area contributed by atoms with Crippen LogP contribution >= 0.6 is 11.6 Å². The summed E-state index contributed by atoms with van der Waals surface area (Å²) in [6, 6.07) is 25.0. The maximum absolute atomic E-state index is 12.8. The number of alkyl halides is 1. The molecule has 0 aliphatic carbocycles. The maximum Gasteiger partial charge on any atom is 0.240 e. The van der Waals surface area contributed by atoms with Gasteiger partial charge in [-0.05, 0) is 24.3 Å². The zero-order valence-electron chi connectivity index (χ0n) is 15.2. The van der Waals surface area contributed by atoms with Crippen LogP contribution in [0.4, 0.5) is 11.4 Å². The van der Waals surface area contributed by atoms with Gasteiger partial charge in [-0.3, -0.25) is 9.69 Å². The van der Waals surface area contributed by atoms with Crippen molar-refractivity contribution in [3.05, 3.63) is 95.6 Å². The molecule has 5 heteroatoms. The summed E-state index contributed by atoms with van der Waals surface area (Å²) in [4.78, 5) is 19.2. The molecule has 3 aromatic rings. The Bertz CT molecular complexity index is 1110. The van der Waals surface area contributed by atoms with Gasteiger partial charge in [0.25, 0.3) is 0 Å². The van der Waals surface area contributed by atoms with Crippen molar-refractivity contribution in [1.29, 1.82) is 0 Å². The Morgan fingerprint density at radius 3 is 2.46 bits per heavy atom. The summed E-state index contributed by atoms with van der Waals surface area (Å²) in [5.41, 5.74) is 2.79. The largest absolute Gasteiger partial charge is 0.444 e. The quantitative estimate of drug-likeness (QED) is 0.531. The van der Waals surface area contributed by atoms with E-state index in [1.165, 1.54) is 6.92 Å². The third kappa shape index (κ3) is 2.25. The number of carbonyl (C=O) groups excluding carboxylic acids is 1. The zero-order valence-corrected chi connectivity index (χ0v) is 15.9. The summed E-state index contributed by atoms with van der Waals surface area (Å²) >= 11 is 7.02. The van der Waals surface area contributed by atoms with E-state index in [9.17, 15) is 4.79 Å². The number of carbonyl (C=O) groups is 1. The van der Waals surface area contributed by atoms with Crippen molar-refractivity contribution in [2.24, 2.45) is 4.99 Å². The van der Waals surface area contributed by atoms with Gasteiger partial charge in [0.2, 0.25) is 17.5 Å². The molecule has 0 aromatic heterocycles. The summed E-state index contributed by atoms with van der Waals surface area (Å²) in [6.07, 6.45) is 0. The minimum atomic E-state index is -1.19. The highest BCUT2D eigenvalue weighted by Crippen LogP contribution is 2.59. The highest BCUT2D eigenvalue weighted by Gasteiger charge is 2.59. The number of hydrogen-bond acceptors (Lipinski definition) is 3. The van der Waals surface area contributed by atoms with E-state index in [2.05, 4.69) is 0 Å². The Kier molecular flexibility index (Phi) is 3.78. The molecule has 138 valence electrons. The summed E-state index contributed by atoms with van der Waals surface area (Å²) in [5.74, 6) is 0.309. The molecular formula is C23H17ClN2O2. The third-order valence-electron chi connectivity index (χ3n) is 5.23. The van der Waals surface area contributed by atoms with Crippen LogP contribution in [0.2, 0.25) is 0 Å². The number of amides is 1. The van der Waals surface area contributed by atoms with E-state index >= 15 is 0 Å². The fraction of sp³-hybridized carbons (Fsp3) is 0.130. The van der Waals surface area contributed by atoms with Crippen molar-refractivity contribution in [3.63, 3.8) is 0 Å². The first-order chi connectivity index (χ1) is 13.6. The molecular weight excluding hydrogens is 372 g/mol. The molecule has 2 atom stereocenters. The van der Waals surface area contributed by atoms with Gasteiger partial charge in [-0.2, -0.15) is 0 Å². The highest BCUT2D eigenvalue weighted by atomic mass is 35.5. The number of nitrogens with zero attached hydrogens (tertiary/aromatic N) is 2. The van der Waals surface area contributed by atoms with Gasteiger partial charge in [0.05, 0.1) is 11.4 Å². The molecule has 2 aliphatic rings. The Labute approximate surface area is 168 Å². The van der Waals surface area contributed by atoms with Gasteiger partial charge in [0, 0.05) is 23.6 Å². The number of hydrogen-bond donors (Lipinski definition) is 0. The molecule has 2 heterocycles. The molecule has 0 N–H and O–H groups in total. The lowest BCUT2D eigenvalue weighted by Gasteiger charge is -2.43. The van der Waals surface area contributed by atoms with E-state index < -0.39 is 11.1 Å². The Balaban J connectivity index is 1.79. The van der Waals surface area contributed by atoms with Crippen molar-refractivity contribution in [2.45, 2.75) is 18.0 Å². The minimum Gasteiger partial charge on any atom is -0.444 e. The smallest absolute Gasteiger partial charge is 0.240 e. The molecule has 2 aliphatic heterocycles. The molecule has 1 spiro atoms. The van der Waals surface area contributed by atoms with Crippen LogP contribution in [0.25, 0.3) is 0 Å². The standard InChI is InChI=1S/C23H17ClN2O2/c1-15(27)26-20-14-8-5-11-17(20)21(24)23(26)18-12-6-7-13-19(18)25-22(28-23)16-9-3-2-4-10-16/h2-14,21H,1H3/t21-,23+/m0/s1. The van der Waals surface area contributed by atoms with E-state index in [0.717, 1.165) is 28.1 Å². The van der Waals surface area contributed by atoms with Crippen molar-refractivity contribution < 1.29 is 9.53 Å². The molecule has 5 rings (SSSR count). The lowest BCUT2D eigenvalue weighted by atomic mass is 9.94. The van der Waals surface area contributed by atoms with Crippen molar-refractivity contribution in [1.82, 2.24) is 0 Å². The first-order valence-electron chi connectivity index (χ1n) is 9.09. The zero-order chi connectivity index (χ0) is 19.3. The molecule has 0 fully saturated rings. The molecule has 0 saturated heterocycles. The predicted molar refractivity (Wildman–Crippen MR) is 110 cm³/mol. The first-order valence-corrected chi connectivity index (χ1v) is 9.53. The van der Waals surface area contributed by atoms with Crippen LogP contribution in [0.5, 0.6) is 0 Å². The van der Waals surface area contributed by atoms with Gasteiger partial charge in [0.1, 0.15) is 5.38 Å².